The molecule has 1 aromatic carbocycles. The number of benzene rings is 1. The fraction of sp³-hybridized carbons (Fsp3) is 0.150. The van der Waals surface area contributed by atoms with Crippen molar-refractivity contribution in [2.75, 3.05) is 0 Å². The molecule has 0 unspecified atom stereocenters. The third kappa shape index (κ3) is 3.80. The predicted molar refractivity (Wildman–Crippen MR) is 103 cm³/mol. The summed E-state index contributed by atoms with van der Waals surface area (Å²) in [6, 6.07) is 8.69. The highest BCUT2D eigenvalue weighted by Crippen LogP contribution is 2.32. The molecule has 5 nitrogen and oxygen atoms in total. The maximum Gasteiger partial charge on any atom is 0.387 e. The van der Waals surface area contributed by atoms with Crippen molar-refractivity contribution < 1.29 is 13.5 Å². The quantitative estimate of drug-likeness (QED) is 0.467. The number of fused-ring (bicyclic) bond motifs is 1. The van der Waals surface area contributed by atoms with Crippen molar-refractivity contribution in [1.29, 1.82) is 0 Å². The molecule has 28 heavy (non-hydrogen) atoms. The summed E-state index contributed by atoms with van der Waals surface area (Å²) in [5.41, 5.74) is 5.06. The summed E-state index contributed by atoms with van der Waals surface area (Å²) in [6.45, 7) is -0.418. The van der Waals surface area contributed by atoms with Crippen LogP contribution in [0.25, 0.3) is 22.2 Å². The van der Waals surface area contributed by atoms with Crippen LogP contribution in [0.3, 0.4) is 0 Å². The monoisotopic (exact) mass is 400 g/mol. The molecule has 0 saturated heterocycles. The lowest BCUT2D eigenvalue weighted by Crippen LogP contribution is -2.03. The van der Waals surface area contributed by atoms with Gasteiger partial charge in [-0.1, -0.05) is 23.7 Å². The van der Waals surface area contributed by atoms with Crippen molar-refractivity contribution in [1.82, 2.24) is 19.7 Å². The van der Waals surface area contributed by atoms with Crippen LogP contribution in [0.15, 0.2) is 55.1 Å². The fourth-order valence-electron chi connectivity index (χ4n) is 2.99. The summed E-state index contributed by atoms with van der Waals surface area (Å²) >= 11 is 5.94. The molecule has 8 heteroatoms. The zero-order chi connectivity index (χ0) is 19.7. The molecule has 0 N–H and O–H groups in total. The van der Waals surface area contributed by atoms with Gasteiger partial charge in [0.25, 0.3) is 0 Å². The average Bonchev–Trinajstić information content (AvgIpc) is 3.05. The number of ether oxygens (including phenoxy) is 1. The Labute approximate surface area is 164 Å². The highest BCUT2D eigenvalue weighted by atomic mass is 35.5. The Morgan fingerprint density at radius 2 is 1.93 bits per heavy atom. The normalized spacial score (nSPS) is 11.3. The summed E-state index contributed by atoms with van der Waals surface area (Å²) in [6.07, 6.45) is 6.95. The van der Waals surface area contributed by atoms with Crippen LogP contribution >= 0.6 is 11.6 Å². The topological polar surface area (TPSA) is 52.8 Å². The van der Waals surface area contributed by atoms with Gasteiger partial charge in [0.15, 0.2) is 0 Å². The standard InChI is InChI=1S/C20H15ClF2N4O/c1-12-4-13(8-24-7-12)11-27-18-5-15(9-25-17(18)10-26-27)14-2-3-16(21)19(6-14)28-20(22)23/h2-10,20H,11H2,1H3. The SMILES string of the molecule is Cc1cncc(Cn2ncc3ncc(-c4ccc(Cl)c(OC(F)F)c4)cc32)c1. The minimum absolute atomic E-state index is 0.0754. The number of hydrogen-bond donors (Lipinski definition) is 0. The van der Waals surface area contributed by atoms with Gasteiger partial charge in [0.05, 0.1) is 23.3 Å². The van der Waals surface area contributed by atoms with Gasteiger partial charge in [-0.05, 0) is 41.8 Å². The summed E-state index contributed by atoms with van der Waals surface area (Å²) < 4.78 is 31.5. The number of nitrogens with zero attached hydrogens (tertiary/aromatic N) is 4. The van der Waals surface area contributed by atoms with E-state index in [1.165, 1.54) is 12.1 Å². The molecule has 0 radical (unpaired) electrons. The molecule has 4 rings (SSSR count). The number of pyridine rings is 2. The van der Waals surface area contributed by atoms with Crippen LogP contribution in [-0.4, -0.2) is 26.4 Å². The van der Waals surface area contributed by atoms with Crippen LogP contribution in [0, 0.1) is 6.92 Å². The lowest BCUT2D eigenvalue weighted by molar-refractivity contribution is -0.0497. The second kappa shape index (κ2) is 7.52. The first-order valence-electron chi connectivity index (χ1n) is 8.46. The van der Waals surface area contributed by atoms with Gasteiger partial charge < -0.3 is 4.74 Å². The predicted octanol–water partition coefficient (Wildman–Crippen LogP) is 5.10. The van der Waals surface area contributed by atoms with Gasteiger partial charge in [-0.3, -0.25) is 14.6 Å². The van der Waals surface area contributed by atoms with Crippen molar-refractivity contribution in [3.05, 3.63) is 71.3 Å². The molecule has 0 fully saturated rings. The van der Waals surface area contributed by atoms with Crippen molar-refractivity contribution in [2.45, 2.75) is 20.1 Å². The molecule has 0 saturated carbocycles. The molecule has 0 aliphatic heterocycles. The Balaban J connectivity index is 1.72. The van der Waals surface area contributed by atoms with E-state index in [0.717, 1.165) is 27.7 Å². The molecular formula is C20H15ClF2N4O. The number of hydrogen-bond acceptors (Lipinski definition) is 4. The zero-order valence-electron chi connectivity index (χ0n) is 14.8. The van der Waals surface area contributed by atoms with E-state index < -0.39 is 6.61 Å². The minimum atomic E-state index is -2.95. The van der Waals surface area contributed by atoms with E-state index in [1.54, 1.807) is 30.9 Å². The lowest BCUT2D eigenvalue weighted by Gasteiger charge is -2.10. The Kier molecular flexibility index (Phi) is 4.92. The van der Waals surface area contributed by atoms with Gasteiger partial charge in [0.2, 0.25) is 0 Å². The molecule has 4 aromatic rings. The van der Waals surface area contributed by atoms with E-state index in [2.05, 4.69) is 19.8 Å². The molecule has 142 valence electrons. The number of aromatic nitrogens is 4. The van der Waals surface area contributed by atoms with Crippen molar-refractivity contribution in [3.8, 4) is 16.9 Å². The van der Waals surface area contributed by atoms with Crippen molar-refractivity contribution in [2.24, 2.45) is 0 Å². The first-order chi connectivity index (χ1) is 13.5. The van der Waals surface area contributed by atoms with E-state index in [1.807, 2.05) is 23.7 Å². The van der Waals surface area contributed by atoms with Gasteiger partial charge in [-0.2, -0.15) is 13.9 Å². The largest absolute Gasteiger partial charge is 0.433 e. The van der Waals surface area contributed by atoms with Gasteiger partial charge in [0, 0.05) is 24.2 Å². The number of halogens is 3. The second-order valence-corrected chi connectivity index (χ2v) is 6.73. The van der Waals surface area contributed by atoms with Crippen LogP contribution < -0.4 is 4.74 Å². The maximum atomic E-state index is 12.6. The summed E-state index contributed by atoms with van der Waals surface area (Å²) in [7, 11) is 0. The minimum Gasteiger partial charge on any atom is -0.433 e. The van der Waals surface area contributed by atoms with Crippen LogP contribution in [0.4, 0.5) is 8.78 Å². The van der Waals surface area contributed by atoms with Gasteiger partial charge in [-0.15, -0.1) is 0 Å². The van der Waals surface area contributed by atoms with E-state index >= 15 is 0 Å². The second-order valence-electron chi connectivity index (χ2n) is 6.32. The molecule has 0 aliphatic rings. The van der Waals surface area contributed by atoms with Crippen LogP contribution in [0.2, 0.25) is 5.02 Å². The Hall–Kier alpha value is -3.06. The van der Waals surface area contributed by atoms with Gasteiger partial charge in [-0.25, -0.2) is 0 Å². The summed E-state index contributed by atoms with van der Waals surface area (Å²) in [5.74, 6) is -0.0754. The maximum absolute atomic E-state index is 12.6. The molecule has 0 atom stereocenters. The van der Waals surface area contributed by atoms with Crippen molar-refractivity contribution in [3.63, 3.8) is 0 Å². The molecule has 0 aliphatic carbocycles. The fourth-order valence-corrected chi connectivity index (χ4v) is 3.15. The van der Waals surface area contributed by atoms with Crippen LogP contribution in [-0.2, 0) is 6.54 Å². The van der Waals surface area contributed by atoms with E-state index in [4.69, 9.17) is 11.6 Å². The number of rotatable bonds is 5. The summed E-state index contributed by atoms with van der Waals surface area (Å²) in [5, 5.41) is 4.53. The van der Waals surface area contributed by atoms with E-state index in [9.17, 15) is 8.78 Å². The molecular weight excluding hydrogens is 386 g/mol. The highest BCUT2D eigenvalue weighted by Gasteiger charge is 2.12. The van der Waals surface area contributed by atoms with Crippen LogP contribution in [0.5, 0.6) is 5.75 Å². The first-order valence-corrected chi connectivity index (χ1v) is 8.84. The van der Waals surface area contributed by atoms with Gasteiger partial charge in [0.1, 0.15) is 11.3 Å². The number of alkyl halides is 2. The van der Waals surface area contributed by atoms with Gasteiger partial charge >= 0.3 is 6.61 Å². The van der Waals surface area contributed by atoms with E-state index in [0.29, 0.717) is 12.1 Å². The highest BCUT2D eigenvalue weighted by molar-refractivity contribution is 6.32. The molecule has 0 bridgehead atoms. The Bertz CT molecular complexity index is 1150. The molecule has 3 heterocycles. The Morgan fingerprint density at radius 3 is 2.71 bits per heavy atom. The smallest absolute Gasteiger partial charge is 0.387 e. The zero-order valence-corrected chi connectivity index (χ0v) is 15.6. The molecule has 0 amide bonds. The third-order valence-corrected chi connectivity index (χ3v) is 4.55. The summed E-state index contributed by atoms with van der Waals surface area (Å²) in [4.78, 5) is 8.64. The van der Waals surface area contributed by atoms with E-state index in [-0.39, 0.29) is 10.8 Å². The molecule has 0 spiro atoms. The van der Waals surface area contributed by atoms with Crippen molar-refractivity contribution >= 4 is 22.6 Å². The lowest BCUT2D eigenvalue weighted by atomic mass is 10.1. The first kappa shape index (κ1) is 18.3. The number of aryl methyl sites for hydroxylation is 1. The van der Waals surface area contributed by atoms with Crippen LogP contribution in [0.1, 0.15) is 11.1 Å². The Morgan fingerprint density at radius 1 is 1.07 bits per heavy atom. The third-order valence-electron chi connectivity index (χ3n) is 4.24. The average molecular weight is 401 g/mol. The molecule has 3 aromatic heterocycles.